The van der Waals surface area contributed by atoms with Gasteiger partial charge >= 0.3 is 6.09 Å². The van der Waals surface area contributed by atoms with E-state index in [1.54, 1.807) is 48.6 Å². The second-order valence-electron chi connectivity index (χ2n) is 14.3. The van der Waals surface area contributed by atoms with E-state index in [4.69, 9.17) is 56.9 Å². The summed E-state index contributed by atoms with van der Waals surface area (Å²) in [5, 5.41) is 5.06. The molecule has 53 heavy (non-hydrogen) atoms. The summed E-state index contributed by atoms with van der Waals surface area (Å²) in [6.45, 7) is 5.53. The van der Waals surface area contributed by atoms with Crippen LogP contribution in [0.4, 0.5) is 4.79 Å². The lowest BCUT2D eigenvalue weighted by atomic mass is 10.0. The molecule has 6 nitrogen and oxygen atoms in total. The van der Waals surface area contributed by atoms with Crippen LogP contribution in [0, 0.1) is 0 Å². The van der Waals surface area contributed by atoms with E-state index >= 15 is 0 Å². The van der Waals surface area contributed by atoms with Crippen LogP contribution in [0.2, 0.25) is 20.1 Å². The molecular weight excluding hydrogens is 750 g/mol. The van der Waals surface area contributed by atoms with Gasteiger partial charge in [0, 0.05) is 39.0 Å². The molecule has 0 saturated heterocycles. The van der Waals surface area contributed by atoms with Gasteiger partial charge in [-0.15, -0.1) is 0 Å². The fourth-order valence-corrected chi connectivity index (χ4v) is 7.58. The molecule has 2 unspecified atom stereocenters. The van der Waals surface area contributed by atoms with Gasteiger partial charge < -0.3 is 15.8 Å². The summed E-state index contributed by atoms with van der Waals surface area (Å²) in [6, 6.07) is 22.6. The smallest absolute Gasteiger partial charge is 0.408 e. The third kappa shape index (κ3) is 12.3. The molecule has 10 heteroatoms. The van der Waals surface area contributed by atoms with Crippen LogP contribution in [0.1, 0.15) is 90.2 Å². The Kier molecular flexibility index (Phi) is 13.6. The fourth-order valence-electron chi connectivity index (χ4n) is 6.44. The van der Waals surface area contributed by atoms with Crippen molar-refractivity contribution in [2.24, 2.45) is 5.73 Å². The number of carbonyl (C=O) groups is 3. The van der Waals surface area contributed by atoms with Crippen molar-refractivity contribution in [1.82, 2.24) is 5.32 Å². The molecule has 3 N–H and O–H groups in total. The van der Waals surface area contributed by atoms with Crippen LogP contribution in [-0.4, -0.2) is 23.3 Å². The molecule has 0 spiro atoms. The first-order chi connectivity index (χ1) is 25.1. The van der Waals surface area contributed by atoms with Gasteiger partial charge in [-0.25, -0.2) is 4.79 Å². The van der Waals surface area contributed by atoms with Gasteiger partial charge in [-0.1, -0.05) is 95.0 Å². The average Bonchev–Trinajstić information content (AvgIpc) is 3.63. The lowest BCUT2D eigenvalue weighted by Gasteiger charge is -2.22. The number of fused-ring (bicyclic) bond motifs is 2. The predicted molar refractivity (Wildman–Crippen MR) is 217 cm³/mol. The first-order valence-electron chi connectivity index (χ1n) is 17.4. The molecule has 0 saturated carbocycles. The van der Waals surface area contributed by atoms with E-state index in [0.29, 0.717) is 20.1 Å². The highest BCUT2D eigenvalue weighted by Crippen LogP contribution is 2.33. The van der Waals surface area contributed by atoms with Gasteiger partial charge in [0.2, 0.25) is 0 Å². The number of rotatable bonds is 9. The molecule has 2 aliphatic carbocycles. The molecule has 2 aliphatic rings. The maximum absolute atomic E-state index is 12.3. The van der Waals surface area contributed by atoms with E-state index in [0.717, 1.165) is 53.5 Å². The van der Waals surface area contributed by atoms with Crippen LogP contribution < -0.4 is 11.1 Å². The van der Waals surface area contributed by atoms with Crippen molar-refractivity contribution in [2.75, 3.05) is 0 Å². The lowest BCUT2D eigenvalue weighted by molar-refractivity contribution is -0.114. The molecule has 2 atom stereocenters. The van der Waals surface area contributed by atoms with Crippen molar-refractivity contribution in [3.05, 3.63) is 150 Å². The Hall–Kier alpha value is -3.91. The number of amides is 1. The van der Waals surface area contributed by atoms with E-state index < -0.39 is 11.7 Å². The molecule has 0 fully saturated rings. The van der Waals surface area contributed by atoms with Crippen molar-refractivity contribution in [1.29, 1.82) is 0 Å². The summed E-state index contributed by atoms with van der Waals surface area (Å²) < 4.78 is 5.35. The van der Waals surface area contributed by atoms with E-state index in [2.05, 4.69) is 23.5 Å². The van der Waals surface area contributed by atoms with Crippen LogP contribution in [0.5, 0.6) is 0 Å². The molecule has 0 heterocycles. The van der Waals surface area contributed by atoms with Gasteiger partial charge in [-0.2, -0.15) is 0 Å². The quantitative estimate of drug-likeness (QED) is 0.165. The molecule has 0 radical (unpaired) electrons. The minimum Gasteiger partial charge on any atom is -0.444 e. The number of ether oxygens (including phenoxy) is 1. The summed E-state index contributed by atoms with van der Waals surface area (Å²) in [5.74, 6) is -0.0150. The van der Waals surface area contributed by atoms with Gasteiger partial charge in [-0.05, 0) is 140 Å². The van der Waals surface area contributed by atoms with Crippen molar-refractivity contribution < 1.29 is 19.1 Å². The summed E-state index contributed by atoms with van der Waals surface area (Å²) >= 11 is 23.9. The molecular formula is C43H42Cl4N2O4. The van der Waals surface area contributed by atoms with Crippen molar-refractivity contribution in [2.45, 2.75) is 77.0 Å². The van der Waals surface area contributed by atoms with Crippen LogP contribution in [-0.2, 0) is 40.0 Å². The van der Waals surface area contributed by atoms with E-state index in [1.165, 1.54) is 16.7 Å². The van der Waals surface area contributed by atoms with Crippen LogP contribution in [0.25, 0.3) is 12.2 Å². The number of hydrogen-bond acceptors (Lipinski definition) is 5. The number of carbonyl (C=O) groups excluding carboxylic acids is 3. The number of halogens is 4. The topological polar surface area (TPSA) is 98.5 Å². The minimum absolute atomic E-state index is 0.0144. The second kappa shape index (κ2) is 17.9. The Morgan fingerprint density at radius 1 is 0.698 bits per heavy atom. The fraction of sp³-hybridized carbons (Fsp3) is 0.279. The predicted octanol–water partition coefficient (Wildman–Crippen LogP) is 11.1. The van der Waals surface area contributed by atoms with Gasteiger partial charge in [0.1, 0.15) is 5.60 Å². The Balaban J connectivity index is 0.000000211. The Morgan fingerprint density at radius 2 is 1.15 bits per heavy atom. The highest BCUT2D eigenvalue weighted by atomic mass is 35.5. The number of nitrogens with one attached hydrogen (secondary N) is 1. The van der Waals surface area contributed by atoms with Crippen LogP contribution in [0.3, 0.4) is 0 Å². The summed E-state index contributed by atoms with van der Waals surface area (Å²) in [4.78, 5) is 36.5. The number of allylic oxidation sites excluding steroid dienone is 2. The molecule has 276 valence electrons. The lowest BCUT2D eigenvalue weighted by Crippen LogP contribution is -2.34. The largest absolute Gasteiger partial charge is 0.444 e. The van der Waals surface area contributed by atoms with E-state index in [1.807, 2.05) is 51.1 Å². The van der Waals surface area contributed by atoms with E-state index in [-0.39, 0.29) is 36.5 Å². The van der Waals surface area contributed by atoms with Gasteiger partial charge in [-0.3, -0.25) is 9.59 Å². The zero-order valence-electron chi connectivity index (χ0n) is 29.9. The molecule has 0 aliphatic heterocycles. The summed E-state index contributed by atoms with van der Waals surface area (Å²) in [6.07, 6.45) is 10.6. The zero-order chi connectivity index (χ0) is 38.3. The van der Waals surface area contributed by atoms with Gasteiger partial charge in [0.15, 0.2) is 11.6 Å². The molecule has 0 aromatic heterocycles. The normalized spacial score (nSPS) is 16.2. The maximum atomic E-state index is 12.3. The van der Waals surface area contributed by atoms with Gasteiger partial charge in [0.05, 0.1) is 6.04 Å². The standard InChI is InChI=1S/C24H25Cl2NO3.C19H17Cl2NO/c1-24(2,3)30-23(29)27-22-9-6-17-10-15(5-8-21(17)22)4-7-20(28)13-16-11-18(25)14-19(26)12-16;20-15-8-13(9-16(21)11-15)10-17(23)4-1-12-2-5-18-14(7-12)3-6-19(18)22/h4-5,7-8,10-12,14,22H,6,9,13H2,1-3H3,(H,27,29);1-2,4-5,7-9,11,19H,3,6,10,22H2/b7-4+;4-1+. The Morgan fingerprint density at radius 3 is 1.64 bits per heavy atom. The van der Waals surface area contributed by atoms with Crippen LogP contribution in [0.15, 0.2) is 84.9 Å². The van der Waals surface area contributed by atoms with Crippen molar-refractivity contribution in [3.8, 4) is 0 Å². The number of aryl methyl sites for hydroxylation is 2. The number of hydrogen-bond donors (Lipinski definition) is 2. The van der Waals surface area contributed by atoms with Crippen molar-refractivity contribution >= 4 is 76.2 Å². The number of nitrogens with two attached hydrogens (primary N) is 1. The molecule has 1 amide bonds. The first-order valence-corrected chi connectivity index (χ1v) is 18.9. The highest BCUT2D eigenvalue weighted by Gasteiger charge is 2.26. The third-order valence-electron chi connectivity index (χ3n) is 8.75. The molecule has 6 rings (SSSR count). The zero-order valence-corrected chi connectivity index (χ0v) is 32.9. The Labute approximate surface area is 331 Å². The summed E-state index contributed by atoms with van der Waals surface area (Å²) in [5.41, 5.74) is 13.9. The highest BCUT2D eigenvalue weighted by molar-refractivity contribution is 6.35. The number of alkyl carbamates (subject to hydrolysis) is 1. The van der Waals surface area contributed by atoms with Crippen molar-refractivity contribution in [3.63, 3.8) is 0 Å². The van der Waals surface area contributed by atoms with E-state index in [9.17, 15) is 14.4 Å². The third-order valence-corrected chi connectivity index (χ3v) is 9.62. The maximum Gasteiger partial charge on any atom is 0.408 e. The van der Waals surface area contributed by atoms with Gasteiger partial charge in [0.25, 0.3) is 0 Å². The molecule has 4 aromatic rings. The molecule has 4 aromatic carbocycles. The van der Waals surface area contributed by atoms with Crippen LogP contribution >= 0.6 is 46.4 Å². The monoisotopic (exact) mass is 790 g/mol. The number of benzene rings is 4. The first kappa shape index (κ1) is 40.3. The number of ketones is 2. The molecule has 0 bridgehead atoms. The Bertz CT molecular complexity index is 2030. The second-order valence-corrected chi connectivity index (χ2v) is 16.1. The SMILES string of the molecule is CC(C)(C)OC(=O)NC1CCc2cc(/C=C/C(=O)Cc3cc(Cl)cc(Cl)c3)ccc21.NC1CCc2cc(/C=C/C(=O)Cc3cc(Cl)cc(Cl)c3)ccc21. The minimum atomic E-state index is -0.525. The average molecular weight is 793 g/mol. The summed E-state index contributed by atoms with van der Waals surface area (Å²) in [7, 11) is 0.